The molecule has 0 saturated carbocycles. The number of rotatable bonds is 3. The standard InChI is InChI=1S/C26H34N4O5/c31-23(27-13-8-26(9-14-27)34-15-16-35-26)18-30-22-17-19(24(32)28-10-3-4-11-28)6-7-20(22)29-12-2-1-5-21(29)25(30)33/h6-7,17,21H,1-5,8-16,18H2/t21-/m1/s1. The maximum atomic E-state index is 13.7. The summed E-state index contributed by atoms with van der Waals surface area (Å²) in [5, 5.41) is 0. The molecule has 3 amide bonds. The summed E-state index contributed by atoms with van der Waals surface area (Å²) in [7, 11) is 0. The van der Waals surface area contributed by atoms with Crippen molar-refractivity contribution in [3.63, 3.8) is 0 Å². The molecule has 4 fully saturated rings. The van der Waals surface area contributed by atoms with E-state index in [4.69, 9.17) is 9.47 Å². The first-order chi connectivity index (χ1) is 17.0. The molecule has 5 aliphatic rings. The van der Waals surface area contributed by atoms with Crippen molar-refractivity contribution in [2.45, 2.75) is 56.8 Å². The van der Waals surface area contributed by atoms with Crippen molar-refractivity contribution < 1.29 is 23.9 Å². The number of benzene rings is 1. The van der Waals surface area contributed by atoms with Gasteiger partial charge in [-0.25, -0.2) is 0 Å². The normalized spacial score (nSPS) is 25.7. The van der Waals surface area contributed by atoms with E-state index in [1.807, 2.05) is 28.0 Å². The Balaban J connectivity index is 1.25. The highest BCUT2D eigenvalue weighted by Gasteiger charge is 2.43. The van der Waals surface area contributed by atoms with Crippen LogP contribution >= 0.6 is 0 Å². The third-order valence-electron chi connectivity index (χ3n) is 8.25. The Labute approximate surface area is 205 Å². The molecular weight excluding hydrogens is 448 g/mol. The van der Waals surface area contributed by atoms with Gasteiger partial charge in [-0.1, -0.05) is 0 Å². The molecule has 5 aliphatic heterocycles. The zero-order chi connectivity index (χ0) is 24.0. The first-order valence-corrected chi connectivity index (χ1v) is 13.1. The van der Waals surface area contributed by atoms with E-state index < -0.39 is 5.79 Å². The SMILES string of the molecule is O=C(CN1C(=O)[C@H]2CCCCN2c2ccc(C(=O)N3CCCC3)cc21)N1CCC2(CC1)OCCO2. The third kappa shape index (κ3) is 4.08. The van der Waals surface area contributed by atoms with Crippen LogP contribution in [0.4, 0.5) is 11.4 Å². The van der Waals surface area contributed by atoms with Crippen LogP contribution in [0.5, 0.6) is 0 Å². The molecule has 1 atom stereocenters. The quantitative estimate of drug-likeness (QED) is 0.656. The van der Waals surface area contributed by atoms with Crippen molar-refractivity contribution >= 4 is 29.1 Å². The van der Waals surface area contributed by atoms with E-state index in [1.54, 1.807) is 4.90 Å². The molecule has 188 valence electrons. The van der Waals surface area contributed by atoms with Crippen molar-refractivity contribution in [2.75, 3.05) is 62.3 Å². The second-order valence-corrected chi connectivity index (χ2v) is 10.3. The molecule has 5 heterocycles. The highest BCUT2D eigenvalue weighted by molar-refractivity contribution is 6.09. The number of hydrogen-bond donors (Lipinski definition) is 0. The minimum Gasteiger partial charge on any atom is -0.358 e. The minimum absolute atomic E-state index is 0.00249. The highest BCUT2D eigenvalue weighted by Crippen LogP contribution is 2.40. The smallest absolute Gasteiger partial charge is 0.253 e. The average molecular weight is 483 g/mol. The molecule has 1 aromatic rings. The molecule has 0 bridgehead atoms. The monoisotopic (exact) mass is 482 g/mol. The molecule has 1 spiro atoms. The van der Waals surface area contributed by atoms with Gasteiger partial charge in [0.15, 0.2) is 5.79 Å². The molecule has 1 aromatic carbocycles. The van der Waals surface area contributed by atoms with Crippen LogP contribution in [0.3, 0.4) is 0 Å². The van der Waals surface area contributed by atoms with Crippen molar-refractivity contribution in [3.8, 4) is 0 Å². The summed E-state index contributed by atoms with van der Waals surface area (Å²) in [4.78, 5) is 47.6. The molecule has 0 N–H and O–H groups in total. The number of anilines is 2. The Kier molecular flexibility index (Phi) is 5.92. The fourth-order valence-electron chi connectivity index (χ4n) is 6.27. The van der Waals surface area contributed by atoms with Gasteiger partial charge in [0.1, 0.15) is 12.6 Å². The minimum atomic E-state index is -0.544. The summed E-state index contributed by atoms with van der Waals surface area (Å²) in [5.41, 5.74) is 2.22. The number of piperidine rings is 2. The molecule has 9 nitrogen and oxygen atoms in total. The fourth-order valence-corrected chi connectivity index (χ4v) is 6.27. The molecule has 35 heavy (non-hydrogen) atoms. The van der Waals surface area contributed by atoms with Gasteiger partial charge >= 0.3 is 0 Å². The van der Waals surface area contributed by atoms with Crippen molar-refractivity contribution in [3.05, 3.63) is 23.8 Å². The first kappa shape index (κ1) is 22.8. The summed E-state index contributed by atoms with van der Waals surface area (Å²) in [6.45, 7) is 4.66. The fraction of sp³-hybridized carbons (Fsp3) is 0.654. The summed E-state index contributed by atoms with van der Waals surface area (Å²) in [6.07, 6.45) is 6.18. The lowest BCUT2D eigenvalue weighted by Crippen LogP contribution is -2.58. The van der Waals surface area contributed by atoms with Crippen LogP contribution in [0.1, 0.15) is 55.3 Å². The van der Waals surface area contributed by atoms with Crippen molar-refractivity contribution in [2.24, 2.45) is 0 Å². The highest BCUT2D eigenvalue weighted by atomic mass is 16.7. The summed E-state index contributed by atoms with van der Waals surface area (Å²) in [6, 6.07) is 5.44. The molecule has 4 saturated heterocycles. The lowest BCUT2D eigenvalue weighted by molar-refractivity contribution is -0.187. The van der Waals surface area contributed by atoms with Crippen LogP contribution in [0.2, 0.25) is 0 Å². The van der Waals surface area contributed by atoms with E-state index in [9.17, 15) is 14.4 Å². The van der Waals surface area contributed by atoms with Gasteiger partial charge < -0.3 is 24.2 Å². The zero-order valence-electron chi connectivity index (χ0n) is 20.2. The summed E-state index contributed by atoms with van der Waals surface area (Å²) in [5.74, 6) is -0.648. The Bertz CT molecular complexity index is 1010. The number of hydrogen-bond acceptors (Lipinski definition) is 6. The van der Waals surface area contributed by atoms with Gasteiger partial charge in [0.25, 0.3) is 5.91 Å². The lowest BCUT2D eigenvalue weighted by atomic mass is 9.95. The molecule has 6 rings (SSSR count). The molecular formula is C26H34N4O5. The number of amides is 3. The Morgan fingerprint density at radius 2 is 1.60 bits per heavy atom. The van der Waals surface area contributed by atoms with Crippen molar-refractivity contribution in [1.82, 2.24) is 9.80 Å². The van der Waals surface area contributed by atoms with E-state index >= 15 is 0 Å². The van der Waals surface area contributed by atoms with E-state index in [1.165, 1.54) is 0 Å². The second-order valence-electron chi connectivity index (χ2n) is 10.3. The van der Waals surface area contributed by atoms with Crippen LogP contribution in [0.25, 0.3) is 0 Å². The molecule has 0 aromatic heterocycles. The van der Waals surface area contributed by atoms with Crippen LogP contribution in [-0.2, 0) is 19.1 Å². The molecule has 9 heteroatoms. The number of fused-ring (bicyclic) bond motifs is 3. The third-order valence-corrected chi connectivity index (χ3v) is 8.25. The van der Waals surface area contributed by atoms with Crippen molar-refractivity contribution in [1.29, 1.82) is 0 Å². The second kappa shape index (κ2) is 9.09. The molecule has 0 radical (unpaired) electrons. The molecule has 0 aliphatic carbocycles. The van der Waals surface area contributed by atoms with Gasteiger partial charge in [-0.15, -0.1) is 0 Å². The van der Waals surface area contributed by atoms with E-state index in [0.29, 0.717) is 50.4 Å². The first-order valence-electron chi connectivity index (χ1n) is 13.1. The van der Waals surface area contributed by atoms with E-state index in [-0.39, 0.29) is 30.3 Å². The van der Waals surface area contributed by atoms with Crippen LogP contribution in [0, 0.1) is 0 Å². The average Bonchev–Trinajstić information content (AvgIpc) is 3.59. The van der Waals surface area contributed by atoms with Gasteiger partial charge in [0, 0.05) is 51.1 Å². The van der Waals surface area contributed by atoms with E-state index in [2.05, 4.69) is 4.90 Å². The van der Waals surface area contributed by atoms with Gasteiger partial charge in [-0.3, -0.25) is 19.3 Å². The molecule has 0 unspecified atom stereocenters. The van der Waals surface area contributed by atoms with Gasteiger partial charge in [0.2, 0.25) is 11.8 Å². The summed E-state index contributed by atoms with van der Waals surface area (Å²) >= 11 is 0. The van der Waals surface area contributed by atoms with Gasteiger partial charge in [-0.2, -0.15) is 0 Å². The number of carbonyl (C=O) groups excluding carboxylic acids is 3. The van der Waals surface area contributed by atoms with Gasteiger partial charge in [0.05, 0.1) is 24.6 Å². The van der Waals surface area contributed by atoms with Crippen LogP contribution in [0.15, 0.2) is 18.2 Å². The Hall–Kier alpha value is -2.65. The predicted molar refractivity (Wildman–Crippen MR) is 129 cm³/mol. The largest absolute Gasteiger partial charge is 0.358 e. The maximum absolute atomic E-state index is 13.7. The predicted octanol–water partition coefficient (Wildman–Crippen LogP) is 1.99. The summed E-state index contributed by atoms with van der Waals surface area (Å²) < 4.78 is 11.6. The number of likely N-dealkylation sites (tertiary alicyclic amines) is 2. The topological polar surface area (TPSA) is 82.6 Å². The zero-order valence-corrected chi connectivity index (χ0v) is 20.2. The number of ether oxygens (including phenoxy) is 2. The van der Waals surface area contributed by atoms with Gasteiger partial charge in [-0.05, 0) is 50.3 Å². The van der Waals surface area contributed by atoms with E-state index in [0.717, 1.165) is 57.4 Å². The Morgan fingerprint density at radius 3 is 2.34 bits per heavy atom. The number of nitrogens with zero attached hydrogens (tertiary/aromatic N) is 4. The van der Waals surface area contributed by atoms with Crippen LogP contribution in [-0.4, -0.2) is 91.8 Å². The Morgan fingerprint density at radius 1 is 0.886 bits per heavy atom. The maximum Gasteiger partial charge on any atom is 0.253 e. The number of carbonyl (C=O) groups is 3. The van der Waals surface area contributed by atoms with Crippen LogP contribution < -0.4 is 9.80 Å². The lowest BCUT2D eigenvalue weighted by Gasteiger charge is -2.46.